The standard InChI is InChI=1S/C9H7FO2S/c10-6-2-1-3-7-5(6)4-8(13-7)9(11)12/h1-3,8H,4H2,(H,11,12)/t8-/m0/s1. The van der Waals surface area contributed by atoms with E-state index in [4.69, 9.17) is 5.11 Å². The van der Waals surface area contributed by atoms with Gasteiger partial charge in [0, 0.05) is 10.5 Å². The molecule has 1 atom stereocenters. The summed E-state index contributed by atoms with van der Waals surface area (Å²) < 4.78 is 13.1. The van der Waals surface area contributed by atoms with Gasteiger partial charge in [-0.3, -0.25) is 4.79 Å². The molecule has 2 rings (SSSR count). The van der Waals surface area contributed by atoms with Crippen LogP contribution in [-0.2, 0) is 11.2 Å². The monoisotopic (exact) mass is 198 g/mol. The predicted molar refractivity (Wildman–Crippen MR) is 47.4 cm³/mol. The number of hydrogen-bond acceptors (Lipinski definition) is 2. The highest BCUT2D eigenvalue weighted by Crippen LogP contribution is 2.38. The number of fused-ring (bicyclic) bond motifs is 1. The van der Waals surface area contributed by atoms with Gasteiger partial charge in [0.2, 0.25) is 0 Å². The first-order valence-electron chi connectivity index (χ1n) is 3.85. The second-order valence-electron chi connectivity index (χ2n) is 2.87. The van der Waals surface area contributed by atoms with Crippen molar-refractivity contribution in [3.8, 4) is 0 Å². The molecule has 0 saturated carbocycles. The molecule has 1 N–H and O–H groups in total. The highest BCUT2D eigenvalue weighted by Gasteiger charge is 2.29. The Hall–Kier alpha value is -1.03. The third kappa shape index (κ3) is 1.42. The average molecular weight is 198 g/mol. The summed E-state index contributed by atoms with van der Waals surface area (Å²) in [4.78, 5) is 11.4. The summed E-state index contributed by atoms with van der Waals surface area (Å²) >= 11 is 1.22. The van der Waals surface area contributed by atoms with Crippen LogP contribution in [0.5, 0.6) is 0 Å². The molecule has 1 aliphatic rings. The first-order chi connectivity index (χ1) is 6.18. The minimum absolute atomic E-state index is 0.294. The van der Waals surface area contributed by atoms with Gasteiger partial charge < -0.3 is 5.11 Å². The van der Waals surface area contributed by atoms with Gasteiger partial charge in [-0.05, 0) is 18.6 Å². The zero-order valence-electron chi connectivity index (χ0n) is 6.66. The lowest BCUT2D eigenvalue weighted by molar-refractivity contribution is -0.136. The third-order valence-electron chi connectivity index (χ3n) is 2.01. The second kappa shape index (κ2) is 3.03. The van der Waals surface area contributed by atoms with E-state index >= 15 is 0 Å². The van der Waals surface area contributed by atoms with Crippen LogP contribution in [0.4, 0.5) is 4.39 Å². The minimum atomic E-state index is -0.874. The van der Waals surface area contributed by atoms with Crippen LogP contribution in [0.2, 0.25) is 0 Å². The number of carbonyl (C=O) groups is 1. The molecule has 0 fully saturated rings. The normalized spacial score (nSPS) is 19.9. The van der Waals surface area contributed by atoms with E-state index in [-0.39, 0.29) is 5.82 Å². The average Bonchev–Trinajstić information content (AvgIpc) is 2.49. The molecule has 1 aliphatic heterocycles. The summed E-state index contributed by atoms with van der Waals surface area (Å²) in [6.07, 6.45) is 0.294. The minimum Gasteiger partial charge on any atom is -0.480 e. The molecule has 13 heavy (non-hydrogen) atoms. The molecule has 0 bridgehead atoms. The van der Waals surface area contributed by atoms with E-state index in [9.17, 15) is 9.18 Å². The Morgan fingerprint density at radius 1 is 1.62 bits per heavy atom. The van der Waals surface area contributed by atoms with Crippen LogP contribution in [0.1, 0.15) is 5.56 Å². The van der Waals surface area contributed by atoms with Crippen LogP contribution in [0.25, 0.3) is 0 Å². The summed E-state index contributed by atoms with van der Waals surface area (Å²) in [6.45, 7) is 0. The van der Waals surface area contributed by atoms with Crippen molar-refractivity contribution in [2.75, 3.05) is 0 Å². The highest BCUT2D eigenvalue weighted by atomic mass is 32.2. The molecule has 4 heteroatoms. The Morgan fingerprint density at radius 2 is 2.38 bits per heavy atom. The zero-order valence-corrected chi connectivity index (χ0v) is 7.47. The fourth-order valence-electron chi connectivity index (χ4n) is 1.37. The van der Waals surface area contributed by atoms with Gasteiger partial charge in [-0.15, -0.1) is 11.8 Å². The van der Waals surface area contributed by atoms with Gasteiger partial charge in [0.15, 0.2) is 0 Å². The topological polar surface area (TPSA) is 37.3 Å². The molecule has 0 aromatic heterocycles. The fourth-order valence-corrected chi connectivity index (χ4v) is 2.50. The van der Waals surface area contributed by atoms with E-state index < -0.39 is 11.2 Å². The maximum atomic E-state index is 13.1. The number of rotatable bonds is 1. The predicted octanol–water partition coefficient (Wildman–Crippen LogP) is 1.93. The lowest BCUT2D eigenvalue weighted by Crippen LogP contribution is -2.14. The van der Waals surface area contributed by atoms with Crippen molar-refractivity contribution in [2.45, 2.75) is 16.6 Å². The summed E-state index contributed by atoms with van der Waals surface area (Å²) in [5.41, 5.74) is 0.542. The van der Waals surface area contributed by atoms with Crippen molar-refractivity contribution in [3.05, 3.63) is 29.6 Å². The van der Waals surface area contributed by atoms with Gasteiger partial charge in [-0.1, -0.05) is 6.07 Å². The van der Waals surface area contributed by atoms with E-state index in [0.29, 0.717) is 12.0 Å². The fraction of sp³-hybridized carbons (Fsp3) is 0.222. The van der Waals surface area contributed by atoms with Crippen molar-refractivity contribution < 1.29 is 14.3 Å². The number of hydrogen-bond donors (Lipinski definition) is 1. The SMILES string of the molecule is O=C(O)[C@@H]1Cc2c(F)cccc2S1. The molecule has 1 heterocycles. The Morgan fingerprint density at radius 3 is 3.00 bits per heavy atom. The van der Waals surface area contributed by atoms with Gasteiger partial charge >= 0.3 is 5.97 Å². The van der Waals surface area contributed by atoms with E-state index in [1.54, 1.807) is 12.1 Å². The number of benzene rings is 1. The molecule has 0 spiro atoms. The molecule has 0 unspecified atom stereocenters. The van der Waals surface area contributed by atoms with Crippen LogP contribution >= 0.6 is 11.8 Å². The molecule has 0 amide bonds. The summed E-state index contributed by atoms with van der Waals surface area (Å²) in [5.74, 6) is -1.17. The maximum absolute atomic E-state index is 13.1. The molecular formula is C9H7FO2S. The molecule has 0 saturated heterocycles. The Labute approximate surface area is 78.8 Å². The van der Waals surface area contributed by atoms with Gasteiger partial charge in [-0.2, -0.15) is 0 Å². The smallest absolute Gasteiger partial charge is 0.317 e. The number of carboxylic acid groups (broad SMARTS) is 1. The number of carboxylic acids is 1. The Balaban J connectivity index is 2.35. The van der Waals surface area contributed by atoms with Crippen molar-refractivity contribution in [3.63, 3.8) is 0 Å². The van der Waals surface area contributed by atoms with Crippen LogP contribution in [0, 0.1) is 5.82 Å². The first-order valence-corrected chi connectivity index (χ1v) is 4.73. The zero-order chi connectivity index (χ0) is 9.42. The quantitative estimate of drug-likeness (QED) is 0.749. The Bertz CT molecular complexity index is 365. The molecule has 1 aromatic carbocycles. The van der Waals surface area contributed by atoms with Gasteiger partial charge in [0.05, 0.1) is 0 Å². The second-order valence-corrected chi connectivity index (χ2v) is 4.11. The van der Waals surface area contributed by atoms with Gasteiger partial charge in [0.25, 0.3) is 0 Å². The molecule has 2 nitrogen and oxygen atoms in total. The number of thioether (sulfide) groups is 1. The largest absolute Gasteiger partial charge is 0.480 e. The maximum Gasteiger partial charge on any atom is 0.317 e. The van der Waals surface area contributed by atoms with E-state index in [1.165, 1.54) is 17.8 Å². The Kier molecular flexibility index (Phi) is 2.00. The first kappa shape index (κ1) is 8.56. The third-order valence-corrected chi connectivity index (χ3v) is 3.30. The van der Waals surface area contributed by atoms with Crippen LogP contribution < -0.4 is 0 Å². The van der Waals surface area contributed by atoms with E-state index in [2.05, 4.69) is 0 Å². The molecule has 0 radical (unpaired) electrons. The molecule has 1 aromatic rings. The van der Waals surface area contributed by atoms with Gasteiger partial charge in [-0.25, -0.2) is 4.39 Å². The van der Waals surface area contributed by atoms with Crippen molar-refractivity contribution in [1.29, 1.82) is 0 Å². The van der Waals surface area contributed by atoms with Crippen molar-refractivity contribution in [2.24, 2.45) is 0 Å². The lowest BCUT2D eigenvalue weighted by atomic mass is 10.1. The van der Waals surface area contributed by atoms with Gasteiger partial charge in [0.1, 0.15) is 11.1 Å². The molecular weight excluding hydrogens is 191 g/mol. The van der Waals surface area contributed by atoms with Crippen molar-refractivity contribution >= 4 is 17.7 Å². The van der Waals surface area contributed by atoms with E-state index in [0.717, 1.165) is 4.90 Å². The van der Waals surface area contributed by atoms with E-state index in [1.807, 2.05) is 0 Å². The lowest BCUT2D eigenvalue weighted by Gasteiger charge is -1.98. The summed E-state index contributed by atoms with van der Waals surface area (Å²) in [5, 5.41) is 8.21. The summed E-state index contributed by atoms with van der Waals surface area (Å²) in [6, 6.07) is 4.72. The highest BCUT2D eigenvalue weighted by molar-refractivity contribution is 8.01. The molecule has 0 aliphatic carbocycles. The van der Waals surface area contributed by atoms with Crippen molar-refractivity contribution in [1.82, 2.24) is 0 Å². The van der Waals surface area contributed by atoms with Crippen LogP contribution in [0.15, 0.2) is 23.1 Å². The molecule has 68 valence electrons. The van der Waals surface area contributed by atoms with Crippen LogP contribution in [0.3, 0.4) is 0 Å². The summed E-state index contributed by atoms with van der Waals surface area (Å²) in [7, 11) is 0. The van der Waals surface area contributed by atoms with Crippen LogP contribution in [-0.4, -0.2) is 16.3 Å². The number of halogens is 1. The number of aliphatic carboxylic acids is 1.